The van der Waals surface area contributed by atoms with Crippen LogP contribution in [0.5, 0.6) is 0 Å². The smallest absolute Gasteiger partial charge is 0.162 e. The van der Waals surface area contributed by atoms with Crippen molar-refractivity contribution in [2.75, 3.05) is 20.6 Å². The lowest BCUT2D eigenvalue weighted by atomic mass is 10.1. The molecular weight excluding hydrogens is 212 g/mol. The predicted octanol–water partition coefficient (Wildman–Crippen LogP) is 0.901. The average Bonchev–Trinajstić information content (AvgIpc) is 2.23. The Kier molecular flexibility index (Phi) is 4.79. The van der Waals surface area contributed by atoms with Gasteiger partial charge in [0, 0.05) is 12.6 Å². The minimum absolute atomic E-state index is 0.105. The van der Waals surface area contributed by atoms with Gasteiger partial charge in [-0.15, -0.1) is 0 Å². The van der Waals surface area contributed by atoms with Crippen molar-refractivity contribution in [3.63, 3.8) is 0 Å². The Labute approximate surface area is 94.2 Å². The Morgan fingerprint density at radius 2 is 2.06 bits per heavy atom. The standard InChI is InChI=1S/C11H17F2N3/c1-16(2)7-9(15-14)6-8-4-3-5-10(12)11(8)13/h3-5,9,15H,6-7,14H2,1-2H3. The van der Waals surface area contributed by atoms with Crippen LogP contribution in [0, 0.1) is 11.6 Å². The van der Waals surface area contributed by atoms with Crippen LogP contribution in [-0.4, -0.2) is 31.6 Å². The second kappa shape index (κ2) is 5.89. The van der Waals surface area contributed by atoms with Gasteiger partial charge < -0.3 is 4.90 Å². The largest absolute Gasteiger partial charge is 0.308 e. The summed E-state index contributed by atoms with van der Waals surface area (Å²) >= 11 is 0. The van der Waals surface area contributed by atoms with Gasteiger partial charge in [0.1, 0.15) is 0 Å². The topological polar surface area (TPSA) is 41.3 Å². The lowest BCUT2D eigenvalue weighted by Crippen LogP contribution is -2.43. The van der Waals surface area contributed by atoms with Crippen molar-refractivity contribution in [2.24, 2.45) is 5.84 Å². The van der Waals surface area contributed by atoms with Crippen molar-refractivity contribution in [1.82, 2.24) is 10.3 Å². The highest BCUT2D eigenvalue weighted by molar-refractivity contribution is 5.20. The molecule has 0 fully saturated rings. The minimum Gasteiger partial charge on any atom is -0.308 e. The summed E-state index contributed by atoms with van der Waals surface area (Å²) in [5, 5.41) is 0. The molecule has 0 bridgehead atoms. The molecule has 3 nitrogen and oxygen atoms in total. The first-order valence-corrected chi connectivity index (χ1v) is 5.08. The van der Waals surface area contributed by atoms with Crippen LogP contribution >= 0.6 is 0 Å². The van der Waals surface area contributed by atoms with Gasteiger partial charge in [0.2, 0.25) is 0 Å². The fraction of sp³-hybridized carbons (Fsp3) is 0.455. The van der Waals surface area contributed by atoms with Crippen molar-refractivity contribution in [1.29, 1.82) is 0 Å². The van der Waals surface area contributed by atoms with E-state index in [4.69, 9.17) is 5.84 Å². The van der Waals surface area contributed by atoms with Crippen LogP contribution < -0.4 is 11.3 Å². The van der Waals surface area contributed by atoms with E-state index in [1.807, 2.05) is 19.0 Å². The van der Waals surface area contributed by atoms with E-state index in [1.54, 1.807) is 6.07 Å². The van der Waals surface area contributed by atoms with Crippen LogP contribution in [0.25, 0.3) is 0 Å². The molecule has 16 heavy (non-hydrogen) atoms. The van der Waals surface area contributed by atoms with Crippen molar-refractivity contribution in [2.45, 2.75) is 12.5 Å². The molecule has 1 aromatic carbocycles. The summed E-state index contributed by atoms with van der Waals surface area (Å²) in [7, 11) is 3.79. The molecule has 0 saturated carbocycles. The van der Waals surface area contributed by atoms with Crippen LogP contribution in [0.3, 0.4) is 0 Å². The van der Waals surface area contributed by atoms with Crippen molar-refractivity contribution < 1.29 is 8.78 Å². The van der Waals surface area contributed by atoms with Crippen molar-refractivity contribution >= 4 is 0 Å². The summed E-state index contributed by atoms with van der Waals surface area (Å²) in [5.41, 5.74) is 2.94. The van der Waals surface area contributed by atoms with Crippen LogP contribution in [0.4, 0.5) is 8.78 Å². The number of nitrogens with one attached hydrogen (secondary N) is 1. The first-order chi connectivity index (χ1) is 7.54. The van der Waals surface area contributed by atoms with E-state index in [-0.39, 0.29) is 6.04 Å². The van der Waals surface area contributed by atoms with Gasteiger partial charge in [0.15, 0.2) is 11.6 Å². The number of hydrazine groups is 1. The molecule has 1 aromatic rings. The van der Waals surface area contributed by atoms with Crippen LogP contribution in [0.1, 0.15) is 5.56 Å². The second-order valence-corrected chi connectivity index (χ2v) is 4.04. The molecular formula is C11H17F2N3. The molecule has 3 N–H and O–H groups in total. The fourth-order valence-corrected chi connectivity index (χ4v) is 1.59. The number of halogens is 2. The molecule has 0 heterocycles. The second-order valence-electron chi connectivity index (χ2n) is 4.04. The Morgan fingerprint density at radius 1 is 1.38 bits per heavy atom. The third kappa shape index (κ3) is 3.52. The maximum Gasteiger partial charge on any atom is 0.162 e. The number of hydrogen-bond acceptors (Lipinski definition) is 3. The van der Waals surface area contributed by atoms with Crippen LogP contribution in [0.2, 0.25) is 0 Å². The zero-order valence-corrected chi connectivity index (χ0v) is 9.50. The summed E-state index contributed by atoms with van der Waals surface area (Å²) in [6.07, 6.45) is 0.359. The van der Waals surface area contributed by atoms with E-state index in [2.05, 4.69) is 5.43 Å². The fourth-order valence-electron chi connectivity index (χ4n) is 1.59. The summed E-state index contributed by atoms with van der Waals surface area (Å²) in [6, 6.07) is 4.07. The van der Waals surface area contributed by atoms with E-state index in [9.17, 15) is 8.78 Å². The lowest BCUT2D eigenvalue weighted by Gasteiger charge is -2.20. The lowest BCUT2D eigenvalue weighted by molar-refractivity contribution is 0.335. The van der Waals surface area contributed by atoms with Gasteiger partial charge in [-0.05, 0) is 32.1 Å². The van der Waals surface area contributed by atoms with Crippen molar-refractivity contribution in [3.05, 3.63) is 35.4 Å². The minimum atomic E-state index is -0.821. The van der Waals surface area contributed by atoms with Gasteiger partial charge in [-0.3, -0.25) is 11.3 Å². The van der Waals surface area contributed by atoms with Gasteiger partial charge in [-0.25, -0.2) is 8.78 Å². The Hall–Kier alpha value is -1.04. The highest BCUT2D eigenvalue weighted by Gasteiger charge is 2.13. The molecule has 1 atom stereocenters. The zero-order chi connectivity index (χ0) is 12.1. The summed E-state index contributed by atoms with van der Waals surface area (Å²) in [4.78, 5) is 1.93. The SMILES string of the molecule is CN(C)CC(Cc1cccc(F)c1F)NN. The number of hydrogen-bond donors (Lipinski definition) is 2. The van der Waals surface area contributed by atoms with E-state index in [0.29, 0.717) is 18.5 Å². The molecule has 0 radical (unpaired) electrons. The summed E-state index contributed by atoms with van der Waals surface area (Å²) in [5.74, 6) is 3.75. The van der Waals surface area contributed by atoms with Gasteiger partial charge in [-0.1, -0.05) is 12.1 Å². The molecule has 0 amide bonds. The van der Waals surface area contributed by atoms with Gasteiger partial charge in [0.05, 0.1) is 0 Å². The molecule has 0 saturated heterocycles. The third-order valence-corrected chi connectivity index (χ3v) is 2.32. The predicted molar refractivity (Wildman–Crippen MR) is 59.7 cm³/mol. The first-order valence-electron chi connectivity index (χ1n) is 5.08. The zero-order valence-electron chi connectivity index (χ0n) is 9.50. The molecule has 0 aliphatic rings. The normalized spacial score (nSPS) is 13.1. The highest BCUT2D eigenvalue weighted by Crippen LogP contribution is 2.13. The van der Waals surface area contributed by atoms with E-state index >= 15 is 0 Å². The van der Waals surface area contributed by atoms with Gasteiger partial charge in [0.25, 0.3) is 0 Å². The van der Waals surface area contributed by atoms with E-state index < -0.39 is 11.6 Å². The highest BCUT2D eigenvalue weighted by atomic mass is 19.2. The maximum absolute atomic E-state index is 13.4. The average molecular weight is 229 g/mol. The van der Waals surface area contributed by atoms with Gasteiger partial charge in [-0.2, -0.15) is 0 Å². The number of likely N-dealkylation sites (N-methyl/N-ethyl adjacent to an activating group) is 1. The Morgan fingerprint density at radius 3 is 2.62 bits per heavy atom. The summed E-state index contributed by atoms with van der Waals surface area (Å²) in [6.45, 7) is 0.659. The first kappa shape index (κ1) is 13.0. The molecule has 5 heteroatoms. The number of rotatable bonds is 5. The molecule has 0 aliphatic heterocycles. The third-order valence-electron chi connectivity index (χ3n) is 2.32. The monoisotopic (exact) mass is 229 g/mol. The van der Waals surface area contributed by atoms with Crippen LogP contribution in [-0.2, 0) is 6.42 Å². The molecule has 90 valence electrons. The maximum atomic E-state index is 13.4. The Balaban J connectivity index is 2.74. The Bertz CT molecular complexity index is 342. The number of benzene rings is 1. The van der Waals surface area contributed by atoms with E-state index in [0.717, 1.165) is 6.07 Å². The van der Waals surface area contributed by atoms with Crippen molar-refractivity contribution in [3.8, 4) is 0 Å². The molecule has 0 spiro atoms. The van der Waals surface area contributed by atoms with E-state index in [1.165, 1.54) is 6.07 Å². The summed E-state index contributed by atoms with van der Waals surface area (Å²) < 4.78 is 26.3. The molecule has 0 aromatic heterocycles. The number of nitrogens with zero attached hydrogens (tertiary/aromatic N) is 1. The molecule has 0 aliphatic carbocycles. The quantitative estimate of drug-likeness (QED) is 0.582. The number of nitrogens with two attached hydrogens (primary N) is 1. The molecule has 1 unspecified atom stereocenters. The van der Waals surface area contributed by atoms with Gasteiger partial charge >= 0.3 is 0 Å². The van der Waals surface area contributed by atoms with Crippen LogP contribution in [0.15, 0.2) is 18.2 Å². The molecule has 1 rings (SSSR count).